The van der Waals surface area contributed by atoms with Crippen molar-refractivity contribution in [1.29, 1.82) is 0 Å². The Balaban J connectivity index is 2.01. The summed E-state index contributed by atoms with van der Waals surface area (Å²) < 4.78 is 5.47. The molecule has 20 heavy (non-hydrogen) atoms. The average Bonchev–Trinajstić information content (AvgIpc) is 2.40. The van der Waals surface area contributed by atoms with Crippen molar-refractivity contribution in [3.63, 3.8) is 0 Å². The van der Waals surface area contributed by atoms with E-state index in [9.17, 15) is 0 Å². The van der Waals surface area contributed by atoms with Gasteiger partial charge in [-0.15, -0.1) is 0 Å². The number of nitrogens with zero attached hydrogens (tertiary/aromatic N) is 2. The summed E-state index contributed by atoms with van der Waals surface area (Å²) in [5, 5.41) is 3.68. The minimum Gasteiger partial charge on any atom is -0.496 e. The Kier molecular flexibility index (Phi) is 5.00. The quantitative estimate of drug-likeness (QED) is 0.915. The average molecular weight is 277 g/mol. The van der Waals surface area contributed by atoms with Crippen molar-refractivity contribution in [3.05, 3.63) is 23.0 Å². The minimum atomic E-state index is 0.583. The molecule has 2 atom stereocenters. The van der Waals surface area contributed by atoms with Gasteiger partial charge in [0.05, 0.1) is 12.8 Å². The first-order valence-corrected chi connectivity index (χ1v) is 7.44. The summed E-state index contributed by atoms with van der Waals surface area (Å²) >= 11 is 0. The molecule has 0 aliphatic carbocycles. The van der Waals surface area contributed by atoms with Crippen LogP contribution in [0.4, 0.5) is 0 Å². The summed E-state index contributed by atoms with van der Waals surface area (Å²) in [6, 6.07) is 0.583. The molecule has 0 saturated carbocycles. The molecule has 1 saturated heterocycles. The van der Waals surface area contributed by atoms with Crippen LogP contribution < -0.4 is 10.1 Å². The zero-order valence-electron chi connectivity index (χ0n) is 13.4. The van der Waals surface area contributed by atoms with Crippen LogP contribution >= 0.6 is 0 Å². The van der Waals surface area contributed by atoms with E-state index >= 15 is 0 Å². The molecule has 0 radical (unpaired) electrons. The van der Waals surface area contributed by atoms with Gasteiger partial charge in [-0.3, -0.25) is 4.98 Å². The molecule has 112 valence electrons. The first kappa shape index (κ1) is 15.3. The highest BCUT2D eigenvalue weighted by molar-refractivity contribution is 5.41. The Morgan fingerprint density at radius 2 is 2.20 bits per heavy atom. The van der Waals surface area contributed by atoms with Crippen molar-refractivity contribution >= 4 is 0 Å². The number of hydrogen-bond acceptors (Lipinski definition) is 4. The molecule has 2 rings (SSSR count). The summed E-state index contributed by atoms with van der Waals surface area (Å²) in [4.78, 5) is 6.96. The third-order valence-electron chi connectivity index (χ3n) is 4.39. The zero-order chi connectivity index (χ0) is 14.7. The second-order valence-electron chi connectivity index (χ2n) is 6.06. The highest BCUT2D eigenvalue weighted by Gasteiger charge is 2.24. The van der Waals surface area contributed by atoms with Gasteiger partial charge in [0.2, 0.25) is 0 Å². The molecule has 1 aromatic rings. The van der Waals surface area contributed by atoms with Crippen LogP contribution in [0.2, 0.25) is 0 Å². The van der Waals surface area contributed by atoms with Crippen LogP contribution in [-0.2, 0) is 6.54 Å². The molecule has 0 spiro atoms. The maximum absolute atomic E-state index is 5.47. The van der Waals surface area contributed by atoms with Crippen molar-refractivity contribution in [2.24, 2.45) is 5.92 Å². The molecule has 0 amide bonds. The largest absolute Gasteiger partial charge is 0.496 e. The van der Waals surface area contributed by atoms with E-state index in [2.05, 4.69) is 36.1 Å². The van der Waals surface area contributed by atoms with Crippen molar-refractivity contribution < 1.29 is 4.74 Å². The second-order valence-corrected chi connectivity index (χ2v) is 6.06. The number of likely N-dealkylation sites (tertiary alicyclic amines) is 1. The van der Waals surface area contributed by atoms with E-state index in [1.807, 2.05) is 13.1 Å². The summed E-state index contributed by atoms with van der Waals surface area (Å²) in [5.74, 6) is 1.65. The van der Waals surface area contributed by atoms with Crippen LogP contribution in [0, 0.1) is 19.8 Å². The molecular formula is C16H27N3O. The number of methoxy groups -OCH3 is 1. The highest BCUT2D eigenvalue weighted by atomic mass is 16.5. The Hall–Kier alpha value is -1.13. The van der Waals surface area contributed by atoms with E-state index in [1.54, 1.807) is 7.11 Å². The van der Waals surface area contributed by atoms with Gasteiger partial charge in [-0.2, -0.15) is 0 Å². The Morgan fingerprint density at radius 3 is 2.85 bits per heavy atom. The van der Waals surface area contributed by atoms with Gasteiger partial charge >= 0.3 is 0 Å². The number of ether oxygens (including phenoxy) is 1. The molecular weight excluding hydrogens is 250 g/mol. The van der Waals surface area contributed by atoms with Crippen molar-refractivity contribution in [1.82, 2.24) is 15.2 Å². The Bertz CT molecular complexity index is 461. The molecule has 2 heterocycles. The fourth-order valence-electron chi connectivity index (χ4n) is 3.13. The minimum absolute atomic E-state index is 0.583. The van der Waals surface area contributed by atoms with Crippen LogP contribution in [0.25, 0.3) is 0 Å². The smallest absolute Gasteiger partial charge is 0.128 e. The number of piperidine rings is 1. The van der Waals surface area contributed by atoms with Crippen LogP contribution in [0.5, 0.6) is 5.75 Å². The van der Waals surface area contributed by atoms with E-state index in [1.165, 1.54) is 19.5 Å². The molecule has 1 aromatic heterocycles. The molecule has 1 aliphatic heterocycles. The zero-order valence-corrected chi connectivity index (χ0v) is 13.4. The fourth-order valence-corrected chi connectivity index (χ4v) is 3.13. The predicted octanol–water partition coefficient (Wildman–Crippen LogP) is 2.14. The predicted molar refractivity (Wildman–Crippen MR) is 82.2 cm³/mol. The lowest BCUT2D eigenvalue weighted by molar-refractivity contribution is 0.174. The van der Waals surface area contributed by atoms with E-state index in [-0.39, 0.29) is 0 Å². The number of nitrogens with one attached hydrogen (secondary N) is 1. The number of aryl methyl sites for hydroxylation is 1. The lowest BCUT2D eigenvalue weighted by Crippen LogP contribution is -2.46. The highest BCUT2D eigenvalue weighted by Crippen LogP contribution is 2.24. The Labute approximate surface area is 122 Å². The SMILES string of the molecule is COc1c(C)cnc(CNC2CCN(C)CC2C)c1C. The number of aromatic nitrogens is 1. The van der Waals surface area contributed by atoms with Crippen LogP contribution in [0.15, 0.2) is 6.20 Å². The van der Waals surface area contributed by atoms with Crippen LogP contribution in [-0.4, -0.2) is 43.2 Å². The normalized spacial score (nSPS) is 23.9. The van der Waals surface area contributed by atoms with Gasteiger partial charge in [0.15, 0.2) is 0 Å². The summed E-state index contributed by atoms with van der Waals surface area (Å²) in [5.41, 5.74) is 3.35. The van der Waals surface area contributed by atoms with Gasteiger partial charge in [-0.05, 0) is 39.8 Å². The maximum atomic E-state index is 5.47. The third-order valence-corrected chi connectivity index (χ3v) is 4.39. The topological polar surface area (TPSA) is 37.4 Å². The molecule has 2 unspecified atom stereocenters. The summed E-state index contributed by atoms with van der Waals surface area (Å²) in [6.45, 7) is 9.61. The first-order valence-electron chi connectivity index (χ1n) is 7.44. The molecule has 0 bridgehead atoms. The molecule has 1 fully saturated rings. The molecule has 1 aliphatic rings. The molecule has 4 heteroatoms. The monoisotopic (exact) mass is 277 g/mol. The number of hydrogen-bond donors (Lipinski definition) is 1. The van der Waals surface area contributed by atoms with E-state index in [0.29, 0.717) is 12.0 Å². The summed E-state index contributed by atoms with van der Waals surface area (Å²) in [7, 11) is 3.93. The number of pyridine rings is 1. The van der Waals surface area contributed by atoms with Gasteiger partial charge in [0.1, 0.15) is 5.75 Å². The Morgan fingerprint density at radius 1 is 1.45 bits per heavy atom. The fraction of sp³-hybridized carbons (Fsp3) is 0.688. The van der Waals surface area contributed by atoms with E-state index in [4.69, 9.17) is 4.74 Å². The summed E-state index contributed by atoms with van der Waals surface area (Å²) in [6.07, 6.45) is 3.11. The van der Waals surface area contributed by atoms with Gasteiger partial charge < -0.3 is 15.0 Å². The standard InChI is InChI=1S/C16H27N3O/c1-11-8-17-15(13(3)16(11)20-5)9-18-14-6-7-19(4)10-12(14)2/h8,12,14,18H,6-7,9-10H2,1-5H3. The lowest BCUT2D eigenvalue weighted by Gasteiger charge is -2.35. The van der Waals surface area contributed by atoms with Crippen molar-refractivity contribution in [2.75, 3.05) is 27.2 Å². The van der Waals surface area contributed by atoms with Crippen LogP contribution in [0.1, 0.15) is 30.2 Å². The van der Waals surface area contributed by atoms with Crippen molar-refractivity contribution in [2.45, 2.75) is 39.8 Å². The van der Waals surface area contributed by atoms with Gasteiger partial charge in [0.25, 0.3) is 0 Å². The maximum Gasteiger partial charge on any atom is 0.128 e. The lowest BCUT2D eigenvalue weighted by atomic mass is 9.94. The molecule has 1 N–H and O–H groups in total. The first-order chi connectivity index (χ1) is 9.52. The van der Waals surface area contributed by atoms with Gasteiger partial charge in [-0.1, -0.05) is 6.92 Å². The van der Waals surface area contributed by atoms with Gasteiger partial charge in [-0.25, -0.2) is 0 Å². The molecule has 0 aromatic carbocycles. The second kappa shape index (κ2) is 6.55. The van der Waals surface area contributed by atoms with E-state index < -0.39 is 0 Å². The van der Waals surface area contributed by atoms with Crippen molar-refractivity contribution in [3.8, 4) is 5.75 Å². The van der Waals surface area contributed by atoms with Crippen LogP contribution in [0.3, 0.4) is 0 Å². The third kappa shape index (κ3) is 3.30. The molecule has 4 nitrogen and oxygen atoms in total. The van der Waals surface area contributed by atoms with E-state index in [0.717, 1.165) is 29.1 Å². The van der Waals surface area contributed by atoms with Gasteiger partial charge in [0, 0.05) is 36.5 Å². The number of rotatable bonds is 4.